The summed E-state index contributed by atoms with van der Waals surface area (Å²) < 4.78 is 38.3. The average Bonchev–Trinajstić information content (AvgIpc) is 3.24. The number of benzene rings is 1. The Kier molecular flexibility index (Phi) is 5.47. The number of amides is 1. The first-order valence-corrected chi connectivity index (χ1v) is 8.82. The molecule has 0 radical (unpaired) electrons. The lowest BCUT2D eigenvalue weighted by Gasteiger charge is -2.27. The molecule has 2 saturated heterocycles. The number of carbonyl (C=O) groups excluding carboxylic acids is 1. The molecule has 1 aromatic rings. The van der Waals surface area contributed by atoms with Crippen LogP contribution in [-0.2, 0) is 11.0 Å². The minimum atomic E-state index is -4.37. The zero-order chi connectivity index (χ0) is 17.9. The van der Waals surface area contributed by atoms with Crippen LogP contribution in [0.4, 0.5) is 13.2 Å². The third-order valence-electron chi connectivity index (χ3n) is 4.96. The summed E-state index contributed by atoms with van der Waals surface area (Å²) in [5, 5.41) is 0. The first-order valence-electron chi connectivity index (χ1n) is 8.82. The molecule has 0 bridgehead atoms. The molecule has 3 rings (SSSR count). The van der Waals surface area contributed by atoms with Crippen LogP contribution in [-0.4, -0.2) is 47.9 Å². The zero-order valence-corrected chi connectivity index (χ0v) is 14.1. The van der Waals surface area contributed by atoms with Gasteiger partial charge in [0.2, 0.25) is 5.91 Å². The zero-order valence-electron chi connectivity index (χ0n) is 14.1. The number of likely N-dealkylation sites (tertiary alicyclic amines) is 2. The fourth-order valence-corrected chi connectivity index (χ4v) is 3.66. The number of alkyl halides is 3. The number of rotatable bonds is 4. The van der Waals surface area contributed by atoms with Gasteiger partial charge in [-0.05, 0) is 62.5 Å². The van der Waals surface area contributed by atoms with Gasteiger partial charge in [0.05, 0.1) is 5.56 Å². The Morgan fingerprint density at radius 3 is 2.64 bits per heavy atom. The Morgan fingerprint density at radius 2 is 1.92 bits per heavy atom. The van der Waals surface area contributed by atoms with Gasteiger partial charge in [-0.3, -0.25) is 4.79 Å². The van der Waals surface area contributed by atoms with Crippen molar-refractivity contribution in [3.05, 3.63) is 41.5 Å². The van der Waals surface area contributed by atoms with Gasteiger partial charge in [-0.2, -0.15) is 13.2 Å². The predicted octanol–water partition coefficient (Wildman–Crippen LogP) is 3.81. The quantitative estimate of drug-likeness (QED) is 0.770. The molecule has 0 N–H and O–H groups in total. The molecule has 0 unspecified atom stereocenters. The molecule has 25 heavy (non-hydrogen) atoms. The van der Waals surface area contributed by atoms with Crippen LogP contribution >= 0.6 is 0 Å². The molecule has 1 aromatic carbocycles. The second-order valence-corrected chi connectivity index (χ2v) is 6.79. The van der Waals surface area contributed by atoms with Crippen LogP contribution in [0.25, 0.3) is 6.08 Å². The van der Waals surface area contributed by atoms with Gasteiger partial charge >= 0.3 is 6.18 Å². The van der Waals surface area contributed by atoms with E-state index in [1.165, 1.54) is 31.1 Å². The summed E-state index contributed by atoms with van der Waals surface area (Å²) in [6.07, 6.45) is 2.93. The van der Waals surface area contributed by atoms with Crippen LogP contribution in [0.3, 0.4) is 0 Å². The lowest BCUT2D eigenvalue weighted by molar-refractivity contribution is -0.137. The number of halogens is 3. The first kappa shape index (κ1) is 18.0. The van der Waals surface area contributed by atoms with E-state index in [0.717, 1.165) is 51.2 Å². The smallest absolute Gasteiger partial charge is 0.335 e. The van der Waals surface area contributed by atoms with Gasteiger partial charge in [0.25, 0.3) is 0 Å². The standard InChI is InChI=1S/C19H23F3N2O/c20-19(21,22)16-6-3-5-15(13-16)8-9-18(25)24-12-4-7-17(24)14-23-10-1-2-11-23/h3,5-6,8-9,13,17H,1-2,4,7,10-12,14H2/t17-/m0/s1. The maximum atomic E-state index is 12.8. The third-order valence-corrected chi connectivity index (χ3v) is 4.96. The Bertz CT molecular complexity index is 636. The SMILES string of the molecule is O=C(C=Cc1cccc(C(F)(F)F)c1)N1CCC[C@H]1CN1CCCC1. The maximum absolute atomic E-state index is 12.8. The fourth-order valence-electron chi connectivity index (χ4n) is 3.66. The van der Waals surface area contributed by atoms with Gasteiger partial charge in [0.1, 0.15) is 0 Å². The molecule has 1 amide bonds. The Hall–Kier alpha value is -1.82. The van der Waals surface area contributed by atoms with Crippen LogP contribution in [0.2, 0.25) is 0 Å². The molecule has 0 spiro atoms. The molecule has 2 aliphatic heterocycles. The summed E-state index contributed by atoms with van der Waals surface area (Å²) >= 11 is 0. The highest BCUT2D eigenvalue weighted by Crippen LogP contribution is 2.29. The van der Waals surface area contributed by atoms with E-state index in [4.69, 9.17) is 0 Å². The lowest BCUT2D eigenvalue weighted by Crippen LogP contribution is -2.41. The third kappa shape index (κ3) is 4.63. The van der Waals surface area contributed by atoms with Crippen molar-refractivity contribution >= 4 is 12.0 Å². The van der Waals surface area contributed by atoms with Crippen LogP contribution in [0, 0.1) is 0 Å². The predicted molar refractivity (Wildman–Crippen MR) is 90.9 cm³/mol. The fraction of sp³-hybridized carbons (Fsp3) is 0.526. The summed E-state index contributed by atoms with van der Waals surface area (Å²) in [5.74, 6) is -0.112. The van der Waals surface area contributed by atoms with Gasteiger partial charge in [-0.1, -0.05) is 12.1 Å². The molecule has 0 aliphatic carbocycles. The normalized spacial score (nSPS) is 22.2. The summed E-state index contributed by atoms with van der Waals surface area (Å²) in [7, 11) is 0. The van der Waals surface area contributed by atoms with E-state index in [-0.39, 0.29) is 11.9 Å². The molecular formula is C19H23F3N2O. The summed E-state index contributed by atoms with van der Waals surface area (Å²) in [6, 6.07) is 5.25. The highest BCUT2D eigenvalue weighted by molar-refractivity contribution is 5.92. The second kappa shape index (κ2) is 7.60. The van der Waals surface area contributed by atoms with Crippen LogP contribution in [0.1, 0.15) is 36.8 Å². The molecule has 3 nitrogen and oxygen atoms in total. The molecule has 136 valence electrons. The van der Waals surface area contributed by atoms with Crippen molar-refractivity contribution in [2.75, 3.05) is 26.2 Å². The van der Waals surface area contributed by atoms with Crippen molar-refractivity contribution in [2.24, 2.45) is 0 Å². The number of carbonyl (C=O) groups is 1. The van der Waals surface area contributed by atoms with Gasteiger partial charge in [-0.15, -0.1) is 0 Å². The molecule has 2 fully saturated rings. The molecular weight excluding hydrogens is 329 g/mol. The molecule has 2 aliphatic rings. The first-order chi connectivity index (χ1) is 11.9. The maximum Gasteiger partial charge on any atom is 0.416 e. The number of nitrogens with zero attached hydrogens (tertiary/aromatic N) is 2. The Labute approximate surface area is 146 Å². The molecule has 2 heterocycles. The van der Waals surface area contributed by atoms with E-state index >= 15 is 0 Å². The monoisotopic (exact) mass is 352 g/mol. The van der Waals surface area contributed by atoms with E-state index in [1.54, 1.807) is 6.07 Å². The number of hydrogen-bond donors (Lipinski definition) is 0. The average molecular weight is 352 g/mol. The van der Waals surface area contributed by atoms with Gasteiger partial charge in [0.15, 0.2) is 0 Å². The van der Waals surface area contributed by atoms with E-state index in [0.29, 0.717) is 5.56 Å². The minimum Gasteiger partial charge on any atom is -0.335 e. The molecule has 6 heteroatoms. The molecule has 1 atom stereocenters. The molecule has 0 aromatic heterocycles. The second-order valence-electron chi connectivity index (χ2n) is 6.79. The summed E-state index contributed by atoms with van der Waals surface area (Å²) in [4.78, 5) is 16.7. The molecule has 0 saturated carbocycles. The largest absolute Gasteiger partial charge is 0.416 e. The number of hydrogen-bond acceptors (Lipinski definition) is 2. The Morgan fingerprint density at radius 1 is 1.16 bits per heavy atom. The lowest BCUT2D eigenvalue weighted by atomic mass is 10.1. The van der Waals surface area contributed by atoms with Crippen LogP contribution in [0.5, 0.6) is 0 Å². The minimum absolute atomic E-state index is 0.112. The van der Waals surface area contributed by atoms with Crippen molar-refractivity contribution in [3.63, 3.8) is 0 Å². The van der Waals surface area contributed by atoms with Crippen molar-refractivity contribution in [1.82, 2.24) is 9.80 Å². The van der Waals surface area contributed by atoms with Gasteiger partial charge in [-0.25, -0.2) is 0 Å². The van der Waals surface area contributed by atoms with Gasteiger partial charge < -0.3 is 9.80 Å². The highest BCUT2D eigenvalue weighted by Gasteiger charge is 2.31. The van der Waals surface area contributed by atoms with Crippen molar-refractivity contribution in [1.29, 1.82) is 0 Å². The van der Waals surface area contributed by atoms with E-state index in [1.807, 2.05) is 4.90 Å². The summed E-state index contributed by atoms with van der Waals surface area (Å²) in [5.41, 5.74) is -0.311. The van der Waals surface area contributed by atoms with E-state index in [9.17, 15) is 18.0 Å². The van der Waals surface area contributed by atoms with Crippen LogP contribution in [0.15, 0.2) is 30.3 Å². The van der Waals surface area contributed by atoms with Crippen molar-refractivity contribution in [2.45, 2.75) is 37.9 Å². The van der Waals surface area contributed by atoms with Crippen molar-refractivity contribution < 1.29 is 18.0 Å². The van der Waals surface area contributed by atoms with Gasteiger partial charge in [0, 0.05) is 25.2 Å². The topological polar surface area (TPSA) is 23.6 Å². The van der Waals surface area contributed by atoms with E-state index < -0.39 is 11.7 Å². The van der Waals surface area contributed by atoms with E-state index in [2.05, 4.69) is 4.90 Å². The van der Waals surface area contributed by atoms with Crippen molar-refractivity contribution in [3.8, 4) is 0 Å². The Balaban J connectivity index is 1.63. The van der Waals surface area contributed by atoms with Crippen LogP contribution < -0.4 is 0 Å². The summed E-state index contributed by atoms with van der Waals surface area (Å²) in [6.45, 7) is 3.82. The highest BCUT2D eigenvalue weighted by atomic mass is 19.4.